The van der Waals surface area contributed by atoms with Gasteiger partial charge in [0.2, 0.25) is 5.91 Å². The summed E-state index contributed by atoms with van der Waals surface area (Å²) in [4.78, 5) is 32.3. The number of rotatable bonds is 8. The molecule has 14 heteroatoms. The number of pyridine rings is 1. The molecule has 0 spiro atoms. The zero-order valence-electron chi connectivity index (χ0n) is 26.7. The van der Waals surface area contributed by atoms with Crippen LogP contribution in [-0.4, -0.2) is 87.2 Å². The van der Waals surface area contributed by atoms with E-state index in [1.165, 1.54) is 24.4 Å². The average molecular weight is 677 g/mol. The summed E-state index contributed by atoms with van der Waals surface area (Å²) in [5.41, 5.74) is 5.62. The Labute approximate surface area is 279 Å². The number of aromatic nitrogens is 3. The molecule has 3 fully saturated rings. The number of halogens is 3. The highest BCUT2D eigenvalue weighted by Gasteiger charge is 2.49. The van der Waals surface area contributed by atoms with Gasteiger partial charge in [-0.25, -0.2) is 13.2 Å². The first kappa shape index (κ1) is 32.1. The highest BCUT2D eigenvalue weighted by atomic mass is 32.1. The minimum Gasteiger partial charge on any atom is -0.461 e. The van der Waals surface area contributed by atoms with Gasteiger partial charge in [-0.15, -0.1) is 11.3 Å². The molecule has 4 unspecified atom stereocenters. The zero-order valence-corrected chi connectivity index (χ0v) is 27.5. The largest absolute Gasteiger partial charge is 0.461 e. The number of benzene rings is 1. The van der Waals surface area contributed by atoms with Crippen LogP contribution < -0.4 is 15.4 Å². The number of nitrogens with two attached hydrogens (primary N) is 1. The average Bonchev–Trinajstić information content (AvgIpc) is 3.82. The van der Waals surface area contributed by atoms with Crippen molar-refractivity contribution in [3.05, 3.63) is 48.2 Å². The van der Waals surface area contributed by atoms with Crippen LogP contribution in [0, 0.1) is 23.0 Å². The molecule has 0 bridgehead atoms. The number of nitriles is 1. The topological polar surface area (TPSA) is 125 Å². The summed E-state index contributed by atoms with van der Waals surface area (Å²) in [6.45, 7) is 9.81. The van der Waals surface area contributed by atoms with E-state index in [0.717, 1.165) is 30.7 Å². The van der Waals surface area contributed by atoms with Gasteiger partial charge in [-0.3, -0.25) is 14.7 Å². The molecular formula is C34H35F3N8O2S. The van der Waals surface area contributed by atoms with E-state index >= 15 is 4.39 Å². The number of carbonyl (C=O) groups excluding carboxylic acids is 1. The van der Waals surface area contributed by atoms with E-state index in [9.17, 15) is 18.8 Å². The standard InChI is InChI=1S/C34H35F3N8O2S/c1-4-25(46)45-12-9-24(18(45)3)44(5-2)32-22-15-40-28(20-7-8-23(36)30-26(20)21(14-38)31(39)48-30)27(37)29(22)41-33(42-32)47-17-34-10-6-11-43(34)16-19(35)13-34/h4,7-8,15,18-19,24H,1,5-6,9-13,16-17,39H2,2-3H3. The first-order valence-electron chi connectivity index (χ1n) is 16.1. The van der Waals surface area contributed by atoms with Crippen LogP contribution in [0.1, 0.15) is 45.1 Å². The molecule has 3 aromatic heterocycles. The minimum absolute atomic E-state index is 0.0484. The lowest BCUT2D eigenvalue weighted by atomic mass is 9.95. The predicted octanol–water partition coefficient (Wildman–Crippen LogP) is 5.60. The molecular weight excluding hydrogens is 641 g/mol. The number of ether oxygens (including phenoxy) is 1. The smallest absolute Gasteiger partial charge is 0.319 e. The minimum atomic E-state index is -0.953. The van der Waals surface area contributed by atoms with Crippen LogP contribution in [0.25, 0.3) is 32.2 Å². The summed E-state index contributed by atoms with van der Waals surface area (Å²) in [5.74, 6) is -1.16. The first-order chi connectivity index (χ1) is 23.1. The molecule has 3 aliphatic rings. The molecule has 0 saturated carbocycles. The fraction of sp³-hybridized carbons (Fsp3) is 0.441. The van der Waals surface area contributed by atoms with Crippen molar-refractivity contribution in [2.45, 2.75) is 63.3 Å². The quantitative estimate of drug-likeness (QED) is 0.238. The fourth-order valence-corrected chi connectivity index (χ4v) is 8.90. The SMILES string of the molecule is C=CC(=O)N1CCC(N(CC)c2nc(OCC34CCCN3CC(F)C4)nc3c(F)c(-c4ccc(F)c5sc(N)c(C#N)c45)ncc23)C1C. The van der Waals surface area contributed by atoms with Crippen LogP contribution >= 0.6 is 11.3 Å². The van der Waals surface area contributed by atoms with E-state index in [0.29, 0.717) is 43.7 Å². The Bertz CT molecular complexity index is 2000. The number of nitrogens with zero attached hydrogens (tertiary/aromatic N) is 7. The van der Waals surface area contributed by atoms with Gasteiger partial charge in [0.05, 0.1) is 27.2 Å². The Hall–Kier alpha value is -4.48. The predicted molar refractivity (Wildman–Crippen MR) is 179 cm³/mol. The Kier molecular flexibility index (Phi) is 8.15. The monoisotopic (exact) mass is 676 g/mol. The van der Waals surface area contributed by atoms with Crippen molar-refractivity contribution in [3.63, 3.8) is 0 Å². The molecule has 0 aliphatic carbocycles. The summed E-state index contributed by atoms with van der Waals surface area (Å²) in [6.07, 6.45) is 4.50. The van der Waals surface area contributed by atoms with Gasteiger partial charge in [0, 0.05) is 49.2 Å². The molecule has 1 amide bonds. The van der Waals surface area contributed by atoms with Gasteiger partial charge in [0.1, 0.15) is 46.7 Å². The maximum Gasteiger partial charge on any atom is 0.319 e. The lowest BCUT2D eigenvalue weighted by Crippen LogP contribution is -2.45. The maximum atomic E-state index is 16.9. The Morgan fingerprint density at radius 1 is 1.33 bits per heavy atom. The number of fused-ring (bicyclic) bond motifs is 3. The van der Waals surface area contributed by atoms with E-state index in [4.69, 9.17) is 15.5 Å². The Morgan fingerprint density at radius 2 is 2.15 bits per heavy atom. The second kappa shape index (κ2) is 12.2. The molecule has 250 valence electrons. The summed E-state index contributed by atoms with van der Waals surface area (Å²) >= 11 is 0.917. The van der Waals surface area contributed by atoms with Gasteiger partial charge in [-0.2, -0.15) is 15.2 Å². The number of hydrogen-bond acceptors (Lipinski definition) is 10. The van der Waals surface area contributed by atoms with E-state index in [2.05, 4.69) is 21.4 Å². The summed E-state index contributed by atoms with van der Waals surface area (Å²) in [5, 5.41) is 10.5. The number of thiophene rings is 1. The van der Waals surface area contributed by atoms with Crippen molar-refractivity contribution >= 4 is 49.1 Å². The molecule has 4 aromatic rings. The van der Waals surface area contributed by atoms with Crippen molar-refractivity contribution in [2.75, 3.05) is 43.4 Å². The normalized spacial score (nSPS) is 23.9. The van der Waals surface area contributed by atoms with Crippen molar-refractivity contribution in [1.82, 2.24) is 24.8 Å². The highest BCUT2D eigenvalue weighted by molar-refractivity contribution is 7.23. The summed E-state index contributed by atoms with van der Waals surface area (Å²) < 4.78 is 52.6. The third-order valence-corrected chi connectivity index (χ3v) is 11.3. The van der Waals surface area contributed by atoms with Gasteiger partial charge in [0.25, 0.3) is 0 Å². The maximum absolute atomic E-state index is 16.9. The summed E-state index contributed by atoms with van der Waals surface area (Å²) in [6, 6.07) is 4.17. The second-order valence-electron chi connectivity index (χ2n) is 12.7. The van der Waals surface area contributed by atoms with Crippen LogP contribution in [0.4, 0.5) is 24.0 Å². The van der Waals surface area contributed by atoms with Crippen molar-refractivity contribution in [3.8, 4) is 23.3 Å². The molecule has 48 heavy (non-hydrogen) atoms. The number of nitrogen functional groups attached to an aromatic ring is 1. The number of anilines is 2. The van der Waals surface area contributed by atoms with Crippen LogP contribution in [0.3, 0.4) is 0 Å². The Morgan fingerprint density at radius 3 is 2.90 bits per heavy atom. The second-order valence-corrected chi connectivity index (χ2v) is 13.8. The van der Waals surface area contributed by atoms with Gasteiger partial charge < -0.3 is 20.3 Å². The summed E-state index contributed by atoms with van der Waals surface area (Å²) in [7, 11) is 0. The lowest BCUT2D eigenvalue weighted by molar-refractivity contribution is -0.126. The number of hydrogen-bond donors (Lipinski definition) is 1. The van der Waals surface area contributed by atoms with E-state index in [1.807, 2.05) is 24.8 Å². The van der Waals surface area contributed by atoms with E-state index in [1.54, 1.807) is 4.90 Å². The molecule has 2 N–H and O–H groups in total. The van der Waals surface area contributed by atoms with Crippen LogP contribution in [0.5, 0.6) is 6.01 Å². The Balaban J connectivity index is 1.37. The molecule has 10 nitrogen and oxygen atoms in total. The number of alkyl halides is 1. The first-order valence-corrected chi connectivity index (χ1v) is 16.9. The molecule has 3 aliphatic heterocycles. The number of likely N-dealkylation sites (tertiary alicyclic amines) is 1. The third kappa shape index (κ3) is 5.02. The lowest BCUT2D eigenvalue weighted by Gasteiger charge is -2.34. The van der Waals surface area contributed by atoms with Crippen molar-refractivity contribution in [2.24, 2.45) is 0 Å². The fourth-order valence-electron chi connectivity index (χ4n) is 7.95. The number of likely N-dealkylation sites (N-methyl/N-ethyl adjacent to an activating group) is 1. The van der Waals surface area contributed by atoms with Gasteiger partial charge in [-0.1, -0.05) is 6.58 Å². The van der Waals surface area contributed by atoms with E-state index < -0.39 is 23.3 Å². The van der Waals surface area contributed by atoms with Crippen molar-refractivity contribution < 1.29 is 22.7 Å². The van der Waals surface area contributed by atoms with E-state index in [-0.39, 0.29) is 68.0 Å². The zero-order chi connectivity index (χ0) is 33.9. The highest BCUT2D eigenvalue weighted by Crippen LogP contribution is 2.43. The number of amides is 1. The van der Waals surface area contributed by atoms with Gasteiger partial charge in [-0.05, 0) is 57.9 Å². The number of carbonyl (C=O) groups is 1. The van der Waals surface area contributed by atoms with Gasteiger partial charge >= 0.3 is 6.01 Å². The molecule has 3 saturated heterocycles. The van der Waals surface area contributed by atoms with Crippen molar-refractivity contribution in [1.29, 1.82) is 5.26 Å². The molecule has 1 aromatic carbocycles. The third-order valence-electron chi connectivity index (χ3n) is 10.2. The molecule has 6 heterocycles. The van der Waals surface area contributed by atoms with Crippen LogP contribution in [0.2, 0.25) is 0 Å². The van der Waals surface area contributed by atoms with Crippen LogP contribution in [-0.2, 0) is 4.79 Å². The molecule has 0 radical (unpaired) electrons. The van der Waals surface area contributed by atoms with Crippen LogP contribution in [0.15, 0.2) is 31.0 Å². The molecule has 7 rings (SSSR count). The van der Waals surface area contributed by atoms with Gasteiger partial charge in [0.15, 0.2) is 5.82 Å². The molecule has 4 atom stereocenters.